The second-order valence-electron chi connectivity index (χ2n) is 2.80. The molecule has 1 aromatic carbocycles. The molecular weight excluding hydrogens is 228 g/mol. The van der Waals surface area contributed by atoms with Crippen molar-refractivity contribution in [2.24, 2.45) is 0 Å². The first-order chi connectivity index (χ1) is 6.92. The van der Waals surface area contributed by atoms with Crippen molar-refractivity contribution in [2.75, 3.05) is 6.61 Å². The second-order valence-corrected chi connectivity index (χ2v) is 5.23. The summed E-state index contributed by atoms with van der Waals surface area (Å²) in [6.45, 7) is 1.23. The maximum Gasteiger partial charge on any atom is 0.572 e. The molecule has 0 amide bonds. The van der Waals surface area contributed by atoms with Gasteiger partial charge in [-0.25, -0.2) is 4.89 Å². The Balaban J connectivity index is 3.13. The Labute approximate surface area is 86.2 Å². The summed E-state index contributed by atoms with van der Waals surface area (Å²) in [5, 5.41) is -0.209. The van der Waals surface area contributed by atoms with Crippen molar-refractivity contribution in [3.63, 3.8) is 0 Å². The van der Waals surface area contributed by atoms with Crippen molar-refractivity contribution in [1.29, 1.82) is 0 Å². The van der Waals surface area contributed by atoms with Crippen LogP contribution in [0.2, 0.25) is 0 Å². The molecular formula is C9H11F3O2P+. The normalized spacial score (nSPS) is 16.1. The van der Waals surface area contributed by atoms with Gasteiger partial charge in [0.2, 0.25) is 0 Å². The van der Waals surface area contributed by atoms with E-state index in [0.29, 0.717) is 0 Å². The van der Waals surface area contributed by atoms with Crippen LogP contribution in [0.5, 0.6) is 0 Å². The summed E-state index contributed by atoms with van der Waals surface area (Å²) in [5.41, 5.74) is 0. The van der Waals surface area contributed by atoms with Crippen LogP contribution in [-0.4, -0.2) is 17.4 Å². The molecule has 0 spiro atoms. The van der Waals surface area contributed by atoms with Gasteiger partial charge < -0.3 is 0 Å². The fourth-order valence-corrected chi connectivity index (χ4v) is 2.65. The highest BCUT2D eigenvalue weighted by Crippen LogP contribution is 2.67. The Morgan fingerprint density at radius 1 is 1.27 bits per heavy atom. The molecule has 0 saturated heterocycles. The van der Waals surface area contributed by atoms with Crippen molar-refractivity contribution < 1.29 is 22.6 Å². The van der Waals surface area contributed by atoms with E-state index in [2.05, 4.69) is 4.52 Å². The molecule has 0 aromatic heterocycles. The highest BCUT2D eigenvalue weighted by Gasteiger charge is 2.67. The van der Waals surface area contributed by atoms with Gasteiger partial charge in [0.25, 0.3) is 0 Å². The topological polar surface area (TPSA) is 29.5 Å². The van der Waals surface area contributed by atoms with Crippen LogP contribution in [0.3, 0.4) is 0 Å². The second kappa shape index (κ2) is 4.47. The fraction of sp³-hybridized carbons (Fsp3) is 0.333. The molecule has 0 aliphatic rings. The van der Waals surface area contributed by atoms with Crippen LogP contribution in [0.25, 0.3) is 0 Å². The van der Waals surface area contributed by atoms with E-state index in [1.54, 1.807) is 6.07 Å². The predicted molar refractivity (Wildman–Crippen MR) is 52.9 cm³/mol. The number of alkyl halides is 3. The Morgan fingerprint density at radius 2 is 1.80 bits per heavy atom. The SMILES string of the molecule is CCO[P+](O)(c1ccccc1)C(F)(F)F. The molecule has 1 aromatic rings. The van der Waals surface area contributed by atoms with Gasteiger partial charge in [-0.3, -0.25) is 0 Å². The van der Waals surface area contributed by atoms with Gasteiger partial charge in [0.15, 0.2) is 5.30 Å². The minimum absolute atomic E-state index is 0.182. The van der Waals surface area contributed by atoms with E-state index in [9.17, 15) is 18.1 Å². The van der Waals surface area contributed by atoms with Crippen LogP contribution >= 0.6 is 7.72 Å². The molecule has 15 heavy (non-hydrogen) atoms. The molecule has 0 fully saturated rings. The summed E-state index contributed by atoms with van der Waals surface area (Å²) in [7, 11) is -4.51. The standard InChI is InChI=1S/C9H11F3O2P/c1-2-14-15(13,9(10,11)12)8-6-4-3-5-7-8/h3-7,13H,2H2,1H3/q+1. The third-order valence-electron chi connectivity index (χ3n) is 1.77. The first kappa shape index (κ1) is 12.4. The number of rotatable bonds is 3. The van der Waals surface area contributed by atoms with Gasteiger partial charge in [0, 0.05) is 0 Å². The molecule has 1 N–H and O–H groups in total. The van der Waals surface area contributed by atoms with Gasteiger partial charge in [-0.1, -0.05) is 18.2 Å². The van der Waals surface area contributed by atoms with Gasteiger partial charge in [-0.2, -0.15) is 4.52 Å². The largest absolute Gasteiger partial charge is 0.572 e. The highest BCUT2D eigenvalue weighted by molar-refractivity contribution is 7.74. The summed E-state index contributed by atoms with van der Waals surface area (Å²) in [6, 6.07) is 6.89. The average Bonchev–Trinajstić information content (AvgIpc) is 2.18. The van der Waals surface area contributed by atoms with Crippen molar-refractivity contribution in [2.45, 2.75) is 12.8 Å². The quantitative estimate of drug-likeness (QED) is 0.822. The summed E-state index contributed by atoms with van der Waals surface area (Å²) in [5.74, 6) is -4.75. The van der Waals surface area contributed by atoms with Crippen LogP contribution in [-0.2, 0) is 4.52 Å². The summed E-state index contributed by atoms with van der Waals surface area (Å²) >= 11 is 0. The lowest BCUT2D eigenvalue weighted by Crippen LogP contribution is -2.26. The summed E-state index contributed by atoms with van der Waals surface area (Å²) in [4.78, 5) is 9.58. The van der Waals surface area contributed by atoms with Gasteiger partial charge in [0.05, 0.1) is 6.61 Å². The molecule has 6 heteroatoms. The zero-order valence-corrected chi connectivity index (χ0v) is 8.92. The number of hydrogen-bond acceptors (Lipinski definition) is 2. The van der Waals surface area contributed by atoms with Gasteiger partial charge in [-0.05, 0) is 19.1 Å². The molecule has 0 saturated carbocycles. The fourth-order valence-electron chi connectivity index (χ4n) is 1.11. The molecule has 0 radical (unpaired) electrons. The Bertz CT molecular complexity index is 315. The lowest BCUT2D eigenvalue weighted by Gasteiger charge is -2.18. The maximum absolute atomic E-state index is 12.7. The maximum atomic E-state index is 12.7. The third-order valence-corrected chi connectivity index (χ3v) is 4.08. The van der Waals surface area contributed by atoms with Crippen molar-refractivity contribution in [1.82, 2.24) is 0 Å². The molecule has 0 heterocycles. The van der Waals surface area contributed by atoms with E-state index in [4.69, 9.17) is 0 Å². The predicted octanol–water partition coefficient (Wildman–Crippen LogP) is 2.71. The monoisotopic (exact) mass is 239 g/mol. The van der Waals surface area contributed by atoms with Gasteiger partial charge in [0.1, 0.15) is 0 Å². The number of benzene rings is 1. The minimum atomic E-state index is -4.75. The zero-order chi connectivity index (χ0) is 11.5. The highest BCUT2D eigenvalue weighted by atomic mass is 31.2. The molecule has 1 rings (SSSR count). The van der Waals surface area contributed by atoms with Crippen molar-refractivity contribution in [3.8, 4) is 0 Å². The Hall–Kier alpha value is -0.640. The van der Waals surface area contributed by atoms with E-state index in [-0.39, 0.29) is 11.9 Å². The van der Waals surface area contributed by atoms with E-state index >= 15 is 0 Å². The van der Waals surface area contributed by atoms with E-state index in [1.807, 2.05) is 0 Å². The lowest BCUT2D eigenvalue weighted by molar-refractivity contribution is -0.0631. The Morgan fingerprint density at radius 3 is 2.20 bits per heavy atom. The summed E-state index contributed by atoms with van der Waals surface area (Å²) < 4.78 is 42.5. The first-order valence-electron chi connectivity index (χ1n) is 4.30. The van der Waals surface area contributed by atoms with Crippen LogP contribution in [0.1, 0.15) is 6.92 Å². The lowest BCUT2D eigenvalue weighted by atomic mass is 10.4. The smallest absolute Gasteiger partial charge is 0.207 e. The molecule has 2 nitrogen and oxygen atoms in total. The third kappa shape index (κ3) is 2.48. The molecule has 1 unspecified atom stereocenters. The minimum Gasteiger partial charge on any atom is -0.207 e. The van der Waals surface area contributed by atoms with Crippen molar-refractivity contribution in [3.05, 3.63) is 30.3 Å². The van der Waals surface area contributed by atoms with Crippen LogP contribution < -0.4 is 5.30 Å². The molecule has 0 aliphatic carbocycles. The van der Waals surface area contributed by atoms with Crippen LogP contribution in [0.15, 0.2) is 30.3 Å². The van der Waals surface area contributed by atoms with E-state index in [0.717, 1.165) is 0 Å². The Kier molecular flexibility index (Phi) is 3.71. The van der Waals surface area contributed by atoms with Crippen molar-refractivity contribution >= 4 is 13.0 Å². The van der Waals surface area contributed by atoms with Crippen LogP contribution in [0, 0.1) is 0 Å². The molecule has 84 valence electrons. The van der Waals surface area contributed by atoms with Gasteiger partial charge >= 0.3 is 13.6 Å². The molecule has 1 atom stereocenters. The number of halogens is 3. The van der Waals surface area contributed by atoms with Gasteiger partial charge in [-0.15, -0.1) is 13.2 Å². The summed E-state index contributed by atoms with van der Waals surface area (Å²) in [6.07, 6.45) is 0. The average molecular weight is 239 g/mol. The zero-order valence-electron chi connectivity index (χ0n) is 8.03. The number of hydrogen-bond donors (Lipinski definition) is 1. The van der Waals surface area contributed by atoms with E-state index < -0.39 is 13.6 Å². The van der Waals surface area contributed by atoms with Crippen LogP contribution in [0.4, 0.5) is 13.2 Å². The molecule has 0 aliphatic heterocycles. The molecule has 0 bridgehead atoms. The van der Waals surface area contributed by atoms with E-state index in [1.165, 1.54) is 31.2 Å². The first-order valence-corrected chi connectivity index (χ1v) is 5.96.